The van der Waals surface area contributed by atoms with Crippen LogP contribution in [0.25, 0.3) is 6.08 Å². The van der Waals surface area contributed by atoms with E-state index in [1.54, 1.807) is 78.7 Å². The molecule has 0 aliphatic carbocycles. The molecule has 1 saturated heterocycles. The Morgan fingerprint density at radius 3 is 2.28 bits per heavy atom. The van der Waals surface area contributed by atoms with Crippen LogP contribution in [-0.4, -0.2) is 46.2 Å². The number of amides is 1. The third kappa shape index (κ3) is 7.56. The second kappa shape index (κ2) is 14.3. The van der Waals surface area contributed by atoms with Crippen LogP contribution < -0.4 is 14.2 Å². The summed E-state index contributed by atoms with van der Waals surface area (Å²) in [6.07, 6.45) is 1.73. The van der Waals surface area contributed by atoms with E-state index in [-0.39, 0.29) is 30.3 Å². The van der Waals surface area contributed by atoms with Gasteiger partial charge in [0, 0.05) is 12.1 Å². The zero-order valence-corrected chi connectivity index (χ0v) is 26.9. The number of aliphatic imine (C=N–C) groups is 1. The number of thioether (sulfide) groups is 1. The molecule has 5 rings (SSSR count). The first-order chi connectivity index (χ1) is 22.1. The molecule has 0 saturated carbocycles. The highest BCUT2D eigenvalue weighted by molar-refractivity contribution is 9.10. The summed E-state index contributed by atoms with van der Waals surface area (Å²) in [6, 6.07) is 23.1. The van der Waals surface area contributed by atoms with Gasteiger partial charge >= 0.3 is 5.97 Å². The van der Waals surface area contributed by atoms with Gasteiger partial charge in [-0.3, -0.25) is 19.8 Å². The molecule has 0 unspecified atom stereocenters. The van der Waals surface area contributed by atoms with Crippen molar-refractivity contribution in [1.29, 1.82) is 0 Å². The van der Waals surface area contributed by atoms with E-state index in [1.807, 2.05) is 0 Å². The lowest BCUT2D eigenvalue weighted by Gasteiger charge is -2.16. The molecule has 1 aliphatic heterocycles. The highest BCUT2D eigenvalue weighted by atomic mass is 79.9. The molecule has 0 atom stereocenters. The van der Waals surface area contributed by atoms with Gasteiger partial charge in [-0.15, -0.1) is 0 Å². The predicted octanol–water partition coefficient (Wildman–Crippen LogP) is 7.46. The first-order valence-electron chi connectivity index (χ1n) is 13.6. The van der Waals surface area contributed by atoms with E-state index in [1.165, 1.54) is 43.1 Å². The smallest absolute Gasteiger partial charge is 0.335 e. The summed E-state index contributed by atoms with van der Waals surface area (Å²) < 4.78 is 17.4. The Bertz CT molecular complexity index is 1840. The van der Waals surface area contributed by atoms with Gasteiger partial charge in [0.25, 0.3) is 11.6 Å². The van der Waals surface area contributed by atoms with Crippen LogP contribution in [0.4, 0.5) is 11.4 Å². The zero-order chi connectivity index (χ0) is 32.8. The van der Waals surface area contributed by atoms with Crippen LogP contribution in [0.1, 0.15) is 27.0 Å². The monoisotopic (exact) mass is 703 g/mol. The molecule has 13 heteroatoms. The van der Waals surface area contributed by atoms with Gasteiger partial charge in [0.15, 0.2) is 16.7 Å². The quantitative estimate of drug-likeness (QED) is 0.0957. The standard InChI is InChI=1S/C33H26BrN3O8S/c1-43-26-13-9-24(10-14-26)35-33-36(18-20-3-7-23(8-4-20)32(39)40)31(38)29(46-33)17-22-15-27(34)30(28(16-22)44-2)45-19-21-5-11-25(12-6-21)37(41)42/h3-17H,18-19H2,1-2H3,(H,39,40)/b29-17-,35-33?. The molecule has 1 fully saturated rings. The fourth-order valence-corrected chi connectivity index (χ4v) is 5.99. The zero-order valence-electron chi connectivity index (χ0n) is 24.5. The molecule has 1 aliphatic rings. The molecule has 1 heterocycles. The Kier molecular flexibility index (Phi) is 10.0. The Hall–Kier alpha value is -5.14. The molecular formula is C33H26BrN3O8S. The second-order valence-corrected chi connectivity index (χ2v) is 11.7. The van der Waals surface area contributed by atoms with Crippen molar-refractivity contribution in [1.82, 2.24) is 4.90 Å². The molecule has 1 N–H and O–H groups in total. The van der Waals surface area contributed by atoms with Gasteiger partial charge in [0.2, 0.25) is 0 Å². The lowest BCUT2D eigenvalue weighted by molar-refractivity contribution is -0.384. The number of nitro benzene ring substituents is 1. The van der Waals surface area contributed by atoms with E-state index in [2.05, 4.69) is 15.9 Å². The van der Waals surface area contributed by atoms with Gasteiger partial charge in [0.05, 0.1) is 46.3 Å². The number of benzene rings is 4. The average Bonchev–Trinajstić information content (AvgIpc) is 3.33. The van der Waals surface area contributed by atoms with E-state index in [9.17, 15) is 24.8 Å². The second-order valence-electron chi connectivity index (χ2n) is 9.84. The van der Waals surface area contributed by atoms with E-state index in [0.29, 0.717) is 43.0 Å². The maximum absolute atomic E-state index is 13.8. The fraction of sp³-hybridized carbons (Fsp3) is 0.121. The minimum absolute atomic E-state index is 0.00825. The number of amidine groups is 1. The average molecular weight is 705 g/mol. The molecule has 11 nitrogen and oxygen atoms in total. The number of carbonyl (C=O) groups is 2. The number of hydrogen-bond acceptors (Lipinski definition) is 9. The lowest BCUT2D eigenvalue weighted by atomic mass is 10.1. The number of carboxylic acids is 1. The van der Waals surface area contributed by atoms with E-state index in [0.717, 1.165) is 11.1 Å². The molecule has 234 valence electrons. The number of non-ortho nitro benzene ring substituents is 1. The molecule has 0 bridgehead atoms. The van der Waals surface area contributed by atoms with Crippen molar-refractivity contribution in [2.75, 3.05) is 14.2 Å². The largest absolute Gasteiger partial charge is 0.497 e. The van der Waals surface area contributed by atoms with Crippen molar-refractivity contribution in [3.05, 3.63) is 127 Å². The van der Waals surface area contributed by atoms with Gasteiger partial charge in [0.1, 0.15) is 12.4 Å². The van der Waals surface area contributed by atoms with Gasteiger partial charge in [-0.25, -0.2) is 9.79 Å². The molecule has 46 heavy (non-hydrogen) atoms. The van der Waals surface area contributed by atoms with Gasteiger partial charge in [-0.2, -0.15) is 0 Å². The Morgan fingerprint density at radius 2 is 1.67 bits per heavy atom. The summed E-state index contributed by atoms with van der Waals surface area (Å²) in [6.45, 7) is 0.329. The van der Waals surface area contributed by atoms with Crippen LogP contribution in [0, 0.1) is 10.1 Å². The SMILES string of the molecule is COc1ccc(N=C2S/C(=C\c3cc(Br)c(OCc4ccc([N+](=O)[O-])cc4)c(OC)c3)C(=O)N2Cc2ccc(C(=O)O)cc2)cc1. The van der Waals surface area contributed by atoms with Crippen molar-refractivity contribution in [2.45, 2.75) is 13.2 Å². The summed E-state index contributed by atoms with van der Waals surface area (Å²) >= 11 is 4.76. The Labute approximate surface area is 276 Å². The van der Waals surface area contributed by atoms with Crippen molar-refractivity contribution in [3.63, 3.8) is 0 Å². The van der Waals surface area contributed by atoms with Gasteiger partial charge < -0.3 is 19.3 Å². The summed E-state index contributed by atoms with van der Waals surface area (Å²) in [4.78, 5) is 42.2. The van der Waals surface area contributed by atoms with E-state index >= 15 is 0 Å². The fourth-order valence-electron chi connectivity index (χ4n) is 4.42. The van der Waals surface area contributed by atoms with Crippen molar-refractivity contribution >= 4 is 62.2 Å². The normalized spacial score (nSPS) is 14.5. The molecule has 4 aromatic carbocycles. The summed E-state index contributed by atoms with van der Waals surface area (Å²) in [7, 11) is 3.08. The lowest BCUT2D eigenvalue weighted by Crippen LogP contribution is -2.28. The number of hydrogen-bond donors (Lipinski definition) is 1. The Morgan fingerprint density at radius 1 is 1.00 bits per heavy atom. The Balaban J connectivity index is 1.42. The minimum atomic E-state index is -1.03. The van der Waals surface area contributed by atoms with Crippen LogP contribution in [0.3, 0.4) is 0 Å². The van der Waals surface area contributed by atoms with Crippen LogP contribution in [0.2, 0.25) is 0 Å². The topological polar surface area (TPSA) is 141 Å². The van der Waals surface area contributed by atoms with Crippen molar-refractivity contribution in [2.24, 2.45) is 4.99 Å². The van der Waals surface area contributed by atoms with Crippen molar-refractivity contribution in [3.8, 4) is 17.2 Å². The number of ether oxygens (including phenoxy) is 3. The number of aromatic carboxylic acids is 1. The molecule has 1 amide bonds. The molecule has 0 radical (unpaired) electrons. The molecule has 0 aromatic heterocycles. The first kappa shape index (κ1) is 32.3. The number of nitrogens with zero attached hydrogens (tertiary/aromatic N) is 3. The number of halogens is 1. The molecule has 4 aromatic rings. The number of nitro groups is 1. The number of rotatable bonds is 11. The van der Waals surface area contributed by atoms with E-state index < -0.39 is 10.9 Å². The van der Waals surface area contributed by atoms with Crippen LogP contribution in [0.5, 0.6) is 17.2 Å². The third-order valence-corrected chi connectivity index (χ3v) is 8.40. The number of carbonyl (C=O) groups excluding carboxylic acids is 1. The number of carboxylic acid groups (broad SMARTS) is 1. The summed E-state index contributed by atoms with van der Waals surface area (Å²) in [5.41, 5.74) is 2.91. The maximum atomic E-state index is 13.8. The molecule has 0 spiro atoms. The highest BCUT2D eigenvalue weighted by Gasteiger charge is 2.33. The highest BCUT2D eigenvalue weighted by Crippen LogP contribution is 2.40. The maximum Gasteiger partial charge on any atom is 0.335 e. The summed E-state index contributed by atoms with van der Waals surface area (Å²) in [5, 5.41) is 20.7. The van der Waals surface area contributed by atoms with Gasteiger partial charge in [-0.05, 0) is 111 Å². The predicted molar refractivity (Wildman–Crippen MR) is 178 cm³/mol. The minimum Gasteiger partial charge on any atom is -0.497 e. The third-order valence-electron chi connectivity index (χ3n) is 6.81. The number of methoxy groups -OCH3 is 2. The van der Waals surface area contributed by atoms with Crippen LogP contribution in [0.15, 0.2) is 99.3 Å². The van der Waals surface area contributed by atoms with Crippen LogP contribution in [-0.2, 0) is 17.9 Å². The van der Waals surface area contributed by atoms with E-state index in [4.69, 9.17) is 19.2 Å². The summed E-state index contributed by atoms with van der Waals surface area (Å²) in [5.74, 6) is 0.223. The molecular weight excluding hydrogens is 678 g/mol. The van der Waals surface area contributed by atoms with Gasteiger partial charge in [-0.1, -0.05) is 12.1 Å². The first-order valence-corrected chi connectivity index (χ1v) is 15.3. The van der Waals surface area contributed by atoms with Crippen molar-refractivity contribution < 1.29 is 33.8 Å². The van der Waals surface area contributed by atoms with Crippen LogP contribution >= 0.6 is 27.7 Å².